The van der Waals surface area contributed by atoms with Crippen LogP contribution < -0.4 is 0 Å². The minimum atomic E-state index is -0.0489. The van der Waals surface area contributed by atoms with E-state index in [1.807, 2.05) is 0 Å². The molecule has 0 unspecified atom stereocenters. The molecule has 0 saturated carbocycles. The molecular formula is C19H32O2. The van der Waals surface area contributed by atoms with Gasteiger partial charge in [-0.2, -0.15) is 0 Å². The van der Waals surface area contributed by atoms with Crippen LogP contribution >= 0.6 is 0 Å². The van der Waals surface area contributed by atoms with Crippen LogP contribution in [-0.4, -0.2) is 18.0 Å². The van der Waals surface area contributed by atoms with Gasteiger partial charge in [-0.15, -0.1) is 0 Å². The lowest BCUT2D eigenvalue weighted by atomic mass is 9.58. The van der Waals surface area contributed by atoms with Crippen molar-refractivity contribution in [2.75, 3.05) is 0 Å². The predicted octanol–water partition coefficient (Wildman–Crippen LogP) is 4.49. The summed E-state index contributed by atoms with van der Waals surface area (Å²) in [5.41, 5.74) is -0.0978. The molecule has 2 aliphatic heterocycles. The number of ether oxygens (including phenoxy) is 1. The normalized spacial score (nSPS) is 33.3. The Balaban J connectivity index is 2.43. The van der Waals surface area contributed by atoms with Crippen molar-refractivity contribution in [3.8, 4) is 0 Å². The van der Waals surface area contributed by atoms with Gasteiger partial charge in [-0.25, -0.2) is 0 Å². The van der Waals surface area contributed by atoms with Crippen LogP contribution in [0.2, 0.25) is 0 Å². The van der Waals surface area contributed by atoms with Crippen LogP contribution in [0.1, 0.15) is 55.4 Å². The summed E-state index contributed by atoms with van der Waals surface area (Å²) < 4.78 is 6.23. The summed E-state index contributed by atoms with van der Waals surface area (Å²) in [5, 5.41) is 0. The smallest absolute Gasteiger partial charge is 0.145 e. The number of hydrogen-bond acceptors (Lipinski definition) is 2. The van der Waals surface area contributed by atoms with Crippen molar-refractivity contribution >= 4 is 5.78 Å². The molecule has 2 aliphatic rings. The molecule has 0 aromatic rings. The lowest BCUT2D eigenvalue weighted by molar-refractivity contribution is -0.167. The number of carbonyl (C=O) groups excluding carboxylic acids is 1. The van der Waals surface area contributed by atoms with E-state index in [9.17, 15) is 4.79 Å². The second-order valence-electron chi connectivity index (χ2n) is 8.76. The van der Waals surface area contributed by atoms with E-state index in [1.165, 1.54) is 0 Å². The summed E-state index contributed by atoms with van der Waals surface area (Å²) in [6, 6.07) is 0. The van der Waals surface area contributed by atoms with E-state index < -0.39 is 0 Å². The Morgan fingerprint density at radius 3 is 1.48 bits per heavy atom. The Bertz CT molecular complexity index is 404. The molecule has 0 aliphatic carbocycles. The number of carbonyl (C=O) groups is 1. The van der Waals surface area contributed by atoms with Crippen LogP contribution in [0.5, 0.6) is 0 Å². The quantitative estimate of drug-likeness (QED) is 0.714. The Kier molecular flexibility index (Phi) is 4.16. The maximum absolute atomic E-state index is 13.4. The van der Waals surface area contributed by atoms with Gasteiger partial charge < -0.3 is 4.74 Å². The Morgan fingerprint density at radius 2 is 1.19 bits per heavy atom. The van der Waals surface area contributed by atoms with Gasteiger partial charge in [0.15, 0.2) is 0 Å². The van der Waals surface area contributed by atoms with Crippen LogP contribution in [0.3, 0.4) is 0 Å². The molecule has 2 bridgehead atoms. The van der Waals surface area contributed by atoms with Gasteiger partial charge in [0.05, 0.1) is 24.0 Å². The second-order valence-corrected chi connectivity index (χ2v) is 8.76. The standard InChI is InChI=1S/C19H32O2/c1-11(2)18(5,6)15-13-9-10-14(21-13)16(17(15)20)19(7,8)12(3)4/h9-16H,1-8H3/t13-,14+,15-,16+. The molecule has 21 heavy (non-hydrogen) atoms. The van der Waals surface area contributed by atoms with E-state index in [-0.39, 0.29) is 34.9 Å². The molecule has 4 atom stereocenters. The van der Waals surface area contributed by atoms with E-state index in [2.05, 4.69) is 67.5 Å². The third kappa shape index (κ3) is 2.50. The number of Topliss-reactive ketones (excluding diaryl/α,β-unsaturated/α-hetero) is 1. The number of hydrogen-bond donors (Lipinski definition) is 0. The lowest BCUT2D eigenvalue weighted by Crippen LogP contribution is -2.55. The SMILES string of the molecule is CC(C)C(C)(C)[C@@H]1C(=O)[C@H](C(C)(C)C(C)C)[C@H]2C=C[C@@H]1O2. The van der Waals surface area contributed by atoms with Gasteiger partial charge in [-0.05, 0) is 22.7 Å². The fraction of sp³-hybridized carbons (Fsp3) is 0.842. The summed E-state index contributed by atoms with van der Waals surface area (Å²) in [4.78, 5) is 13.4. The first-order valence-corrected chi connectivity index (χ1v) is 8.38. The Morgan fingerprint density at radius 1 is 0.857 bits per heavy atom. The van der Waals surface area contributed by atoms with Gasteiger partial charge in [0.25, 0.3) is 0 Å². The topological polar surface area (TPSA) is 26.3 Å². The van der Waals surface area contributed by atoms with Gasteiger partial charge in [-0.1, -0.05) is 67.5 Å². The van der Waals surface area contributed by atoms with Gasteiger partial charge in [0, 0.05) is 0 Å². The van der Waals surface area contributed by atoms with Gasteiger partial charge in [0.1, 0.15) is 5.78 Å². The van der Waals surface area contributed by atoms with E-state index >= 15 is 0 Å². The van der Waals surface area contributed by atoms with Crippen molar-refractivity contribution in [3.63, 3.8) is 0 Å². The van der Waals surface area contributed by atoms with E-state index in [4.69, 9.17) is 4.74 Å². The molecule has 0 spiro atoms. The van der Waals surface area contributed by atoms with Crippen molar-refractivity contribution in [2.45, 2.75) is 67.6 Å². The molecule has 0 radical (unpaired) electrons. The third-order valence-corrected chi connectivity index (χ3v) is 6.65. The molecule has 2 heteroatoms. The molecule has 0 N–H and O–H groups in total. The van der Waals surface area contributed by atoms with Crippen molar-refractivity contribution in [3.05, 3.63) is 12.2 Å². The fourth-order valence-electron chi connectivity index (χ4n) is 3.69. The van der Waals surface area contributed by atoms with Crippen LogP contribution in [0, 0.1) is 34.5 Å². The summed E-state index contributed by atoms with van der Waals surface area (Å²) in [6.07, 6.45) is 4.21. The molecule has 0 amide bonds. The molecule has 2 rings (SSSR count). The maximum Gasteiger partial charge on any atom is 0.145 e. The average Bonchev–Trinajstić information content (AvgIpc) is 2.72. The van der Waals surface area contributed by atoms with Crippen molar-refractivity contribution < 1.29 is 9.53 Å². The zero-order chi connectivity index (χ0) is 16.2. The zero-order valence-corrected chi connectivity index (χ0v) is 14.9. The van der Waals surface area contributed by atoms with Gasteiger partial charge in [0.2, 0.25) is 0 Å². The highest BCUT2D eigenvalue weighted by Crippen LogP contribution is 2.51. The van der Waals surface area contributed by atoms with Crippen LogP contribution in [-0.2, 0) is 9.53 Å². The highest BCUT2D eigenvalue weighted by atomic mass is 16.5. The molecule has 0 aromatic carbocycles. The van der Waals surface area contributed by atoms with Crippen molar-refractivity contribution in [1.82, 2.24) is 0 Å². The number of ketones is 1. The monoisotopic (exact) mass is 292 g/mol. The first-order valence-electron chi connectivity index (χ1n) is 8.38. The molecule has 2 heterocycles. The van der Waals surface area contributed by atoms with Gasteiger partial charge in [-0.3, -0.25) is 4.79 Å². The fourth-order valence-corrected chi connectivity index (χ4v) is 3.69. The molecule has 1 saturated heterocycles. The highest BCUT2D eigenvalue weighted by molar-refractivity contribution is 5.88. The van der Waals surface area contributed by atoms with Crippen LogP contribution in [0.15, 0.2) is 12.2 Å². The largest absolute Gasteiger partial charge is 0.365 e. The minimum absolute atomic E-state index is 0.0286. The van der Waals surface area contributed by atoms with Gasteiger partial charge >= 0.3 is 0 Å². The van der Waals surface area contributed by atoms with Crippen molar-refractivity contribution in [1.29, 1.82) is 0 Å². The summed E-state index contributed by atoms with van der Waals surface area (Å²) >= 11 is 0. The first-order chi connectivity index (χ1) is 9.51. The van der Waals surface area contributed by atoms with Crippen LogP contribution in [0.25, 0.3) is 0 Å². The van der Waals surface area contributed by atoms with E-state index in [1.54, 1.807) is 0 Å². The molecule has 120 valence electrons. The zero-order valence-electron chi connectivity index (χ0n) is 14.9. The summed E-state index contributed by atoms with van der Waals surface area (Å²) in [6.45, 7) is 17.7. The lowest BCUT2D eigenvalue weighted by Gasteiger charge is -2.49. The Hall–Kier alpha value is -0.630. The van der Waals surface area contributed by atoms with E-state index in [0.717, 1.165) is 0 Å². The third-order valence-electron chi connectivity index (χ3n) is 6.65. The van der Waals surface area contributed by atoms with E-state index in [0.29, 0.717) is 17.6 Å². The van der Waals surface area contributed by atoms with Crippen molar-refractivity contribution in [2.24, 2.45) is 34.5 Å². The minimum Gasteiger partial charge on any atom is -0.365 e. The maximum atomic E-state index is 13.4. The van der Waals surface area contributed by atoms with Crippen LogP contribution in [0.4, 0.5) is 0 Å². The summed E-state index contributed by atoms with van der Waals surface area (Å²) in [7, 11) is 0. The molecular weight excluding hydrogens is 260 g/mol. The molecule has 0 aromatic heterocycles. The highest BCUT2D eigenvalue weighted by Gasteiger charge is 2.56. The number of fused-ring (bicyclic) bond motifs is 2. The second kappa shape index (κ2) is 5.22. The number of rotatable bonds is 4. The molecule has 2 nitrogen and oxygen atoms in total. The Labute approximate surface area is 130 Å². The average molecular weight is 292 g/mol. The first kappa shape index (κ1) is 16.7. The summed E-state index contributed by atoms with van der Waals surface area (Å²) in [5.74, 6) is 1.25. The predicted molar refractivity (Wildman–Crippen MR) is 87.0 cm³/mol. The molecule has 1 fully saturated rings.